The van der Waals surface area contributed by atoms with E-state index in [4.69, 9.17) is 16.7 Å². The lowest BCUT2D eigenvalue weighted by atomic mass is 9.87. The van der Waals surface area contributed by atoms with Crippen LogP contribution in [0, 0.1) is 12.3 Å². The Kier molecular flexibility index (Phi) is 3.51. The Morgan fingerprint density at radius 2 is 2.14 bits per heavy atom. The molecule has 0 aliphatic heterocycles. The van der Waals surface area contributed by atoms with Gasteiger partial charge in [0, 0.05) is 12.8 Å². The third kappa shape index (κ3) is 2.96. The number of hydrogen-bond donors (Lipinski definition) is 1. The highest BCUT2D eigenvalue weighted by Gasteiger charge is 2.17. The minimum absolute atomic E-state index is 0.0953. The molecule has 14 heavy (non-hydrogen) atoms. The molecule has 0 saturated carbocycles. The van der Waals surface area contributed by atoms with Crippen LogP contribution in [-0.2, 0) is 6.42 Å². The molecule has 0 radical (unpaired) electrons. The van der Waals surface area contributed by atoms with Crippen molar-refractivity contribution in [1.29, 1.82) is 0 Å². The fourth-order valence-electron chi connectivity index (χ4n) is 1.32. The van der Waals surface area contributed by atoms with E-state index in [9.17, 15) is 0 Å². The molecule has 1 N–H and O–H groups in total. The second-order valence-electron chi connectivity index (χ2n) is 4.45. The summed E-state index contributed by atoms with van der Waals surface area (Å²) in [5.41, 5.74) is 2.01. The molecule has 0 aliphatic rings. The van der Waals surface area contributed by atoms with Crippen LogP contribution in [0.1, 0.15) is 25.0 Å². The summed E-state index contributed by atoms with van der Waals surface area (Å²) in [6.45, 7) is 6.16. The molecule has 0 fully saturated rings. The standard InChI is InChI=1S/C11H16ClNO/c1-8-4-9(6-13-10(8)12)5-11(2,3)7-14/h4,6,14H,5,7H2,1-3H3. The van der Waals surface area contributed by atoms with Gasteiger partial charge in [0.1, 0.15) is 5.15 Å². The Morgan fingerprint density at radius 3 is 2.64 bits per heavy atom. The molecule has 78 valence electrons. The van der Waals surface area contributed by atoms with Gasteiger partial charge in [-0.1, -0.05) is 31.5 Å². The van der Waals surface area contributed by atoms with E-state index in [1.807, 2.05) is 26.8 Å². The van der Waals surface area contributed by atoms with Crippen LogP contribution in [0.25, 0.3) is 0 Å². The minimum Gasteiger partial charge on any atom is -0.396 e. The van der Waals surface area contributed by atoms with E-state index in [-0.39, 0.29) is 12.0 Å². The highest BCUT2D eigenvalue weighted by molar-refractivity contribution is 6.30. The van der Waals surface area contributed by atoms with Crippen LogP contribution in [0.4, 0.5) is 0 Å². The summed E-state index contributed by atoms with van der Waals surface area (Å²) in [6, 6.07) is 2.02. The van der Waals surface area contributed by atoms with Crippen LogP contribution in [-0.4, -0.2) is 16.7 Å². The predicted molar refractivity (Wildman–Crippen MR) is 58.6 cm³/mol. The molecule has 1 aromatic rings. The van der Waals surface area contributed by atoms with Crippen molar-refractivity contribution in [3.63, 3.8) is 0 Å². The lowest BCUT2D eigenvalue weighted by Gasteiger charge is -2.21. The van der Waals surface area contributed by atoms with Crippen LogP contribution < -0.4 is 0 Å². The maximum Gasteiger partial charge on any atom is 0.131 e. The topological polar surface area (TPSA) is 33.1 Å². The quantitative estimate of drug-likeness (QED) is 0.784. The van der Waals surface area contributed by atoms with E-state index < -0.39 is 0 Å². The predicted octanol–water partition coefficient (Wildman–Crippen LogP) is 2.60. The van der Waals surface area contributed by atoms with E-state index in [0.717, 1.165) is 17.5 Å². The normalized spacial score (nSPS) is 11.8. The fourth-order valence-corrected chi connectivity index (χ4v) is 1.42. The van der Waals surface area contributed by atoms with Gasteiger partial charge in [-0.3, -0.25) is 0 Å². The number of aryl methyl sites for hydroxylation is 1. The largest absolute Gasteiger partial charge is 0.396 e. The molecule has 0 atom stereocenters. The highest BCUT2D eigenvalue weighted by Crippen LogP contribution is 2.22. The molecule has 1 aromatic heterocycles. The molecule has 1 rings (SSSR count). The van der Waals surface area contributed by atoms with Gasteiger partial charge in [-0.05, 0) is 29.9 Å². The lowest BCUT2D eigenvalue weighted by molar-refractivity contribution is 0.159. The van der Waals surface area contributed by atoms with Crippen molar-refractivity contribution in [1.82, 2.24) is 4.98 Å². The summed E-state index contributed by atoms with van der Waals surface area (Å²) in [5, 5.41) is 9.68. The Morgan fingerprint density at radius 1 is 1.50 bits per heavy atom. The molecular weight excluding hydrogens is 198 g/mol. The van der Waals surface area contributed by atoms with Crippen molar-refractivity contribution in [2.24, 2.45) is 5.41 Å². The van der Waals surface area contributed by atoms with Gasteiger partial charge < -0.3 is 5.11 Å². The highest BCUT2D eigenvalue weighted by atomic mass is 35.5. The van der Waals surface area contributed by atoms with Crippen molar-refractivity contribution in [3.8, 4) is 0 Å². The number of nitrogens with zero attached hydrogens (tertiary/aromatic N) is 1. The van der Waals surface area contributed by atoms with Crippen LogP contribution in [0.3, 0.4) is 0 Å². The van der Waals surface area contributed by atoms with E-state index >= 15 is 0 Å². The number of aliphatic hydroxyl groups is 1. The molecule has 0 unspecified atom stereocenters. The van der Waals surface area contributed by atoms with Crippen LogP contribution >= 0.6 is 11.6 Å². The van der Waals surface area contributed by atoms with Gasteiger partial charge in [0.15, 0.2) is 0 Å². The molecule has 0 spiro atoms. The van der Waals surface area contributed by atoms with Crippen molar-refractivity contribution >= 4 is 11.6 Å². The SMILES string of the molecule is Cc1cc(CC(C)(C)CO)cnc1Cl. The Balaban J connectivity index is 2.83. The number of hydrogen-bond acceptors (Lipinski definition) is 2. The zero-order chi connectivity index (χ0) is 10.8. The van der Waals surface area contributed by atoms with E-state index in [1.165, 1.54) is 0 Å². The van der Waals surface area contributed by atoms with E-state index in [2.05, 4.69) is 4.98 Å². The van der Waals surface area contributed by atoms with Crippen LogP contribution in [0.5, 0.6) is 0 Å². The molecule has 2 nitrogen and oxygen atoms in total. The smallest absolute Gasteiger partial charge is 0.131 e. The molecule has 3 heteroatoms. The fraction of sp³-hybridized carbons (Fsp3) is 0.545. The number of aliphatic hydroxyl groups excluding tert-OH is 1. The summed E-state index contributed by atoms with van der Waals surface area (Å²) in [5.74, 6) is 0. The van der Waals surface area contributed by atoms with Crippen molar-refractivity contribution in [2.75, 3.05) is 6.61 Å². The van der Waals surface area contributed by atoms with Gasteiger partial charge in [-0.25, -0.2) is 4.98 Å². The number of pyridine rings is 1. The Bertz CT molecular complexity index is 323. The van der Waals surface area contributed by atoms with Crippen molar-refractivity contribution in [2.45, 2.75) is 27.2 Å². The summed E-state index contributed by atoms with van der Waals surface area (Å²) >= 11 is 5.83. The second kappa shape index (κ2) is 4.28. The number of aromatic nitrogens is 1. The van der Waals surface area contributed by atoms with Gasteiger partial charge in [0.25, 0.3) is 0 Å². The van der Waals surface area contributed by atoms with E-state index in [0.29, 0.717) is 5.15 Å². The summed E-state index contributed by atoms with van der Waals surface area (Å²) < 4.78 is 0. The van der Waals surface area contributed by atoms with Gasteiger partial charge >= 0.3 is 0 Å². The van der Waals surface area contributed by atoms with E-state index in [1.54, 1.807) is 6.20 Å². The van der Waals surface area contributed by atoms with Gasteiger partial charge in [-0.15, -0.1) is 0 Å². The van der Waals surface area contributed by atoms with Gasteiger partial charge in [0.2, 0.25) is 0 Å². The average Bonchev–Trinajstić information content (AvgIpc) is 2.11. The Hall–Kier alpha value is -0.600. The van der Waals surface area contributed by atoms with Crippen molar-refractivity contribution in [3.05, 3.63) is 28.5 Å². The molecule has 0 amide bonds. The summed E-state index contributed by atoms with van der Waals surface area (Å²) in [4.78, 5) is 4.08. The first-order chi connectivity index (χ1) is 6.44. The second-order valence-corrected chi connectivity index (χ2v) is 4.81. The third-order valence-corrected chi connectivity index (χ3v) is 2.58. The maximum absolute atomic E-state index is 9.13. The molecule has 0 saturated heterocycles. The zero-order valence-electron chi connectivity index (χ0n) is 8.84. The third-order valence-electron chi connectivity index (χ3n) is 2.18. The number of rotatable bonds is 3. The van der Waals surface area contributed by atoms with Crippen LogP contribution in [0.2, 0.25) is 5.15 Å². The molecule has 0 aliphatic carbocycles. The monoisotopic (exact) mass is 213 g/mol. The first-order valence-corrected chi connectivity index (χ1v) is 5.04. The average molecular weight is 214 g/mol. The molecule has 0 aromatic carbocycles. The zero-order valence-corrected chi connectivity index (χ0v) is 9.60. The first-order valence-electron chi connectivity index (χ1n) is 4.66. The maximum atomic E-state index is 9.13. The van der Waals surface area contributed by atoms with Gasteiger partial charge in [0.05, 0.1) is 0 Å². The summed E-state index contributed by atoms with van der Waals surface area (Å²) in [7, 11) is 0. The first kappa shape index (κ1) is 11.5. The van der Waals surface area contributed by atoms with Crippen molar-refractivity contribution < 1.29 is 5.11 Å². The van der Waals surface area contributed by atoms with Crippen LogP contribution in [0.15, 0.2) is 12.3 Å². The molecule has 1 heterocycles. The number of halogens is 1. The van der Waals surface area contributed by atoms with Gasteiger partial charge in [-0.2, -0.15) is 0 Å². The lowest BCUT2D eigenvalue weighted by Crippen LogP contribution is -2.19. The minimum atomic E-state index is -0.0953. The summed E-state index contributed by atoms with van der Waals surface area (Å²) in [6.07, 6.45) is 2.58. The molecular formula is C11H16ClNO. The Labute approximate surface area is 89.9 Å². The molecule has 0 bridgehead atoms.